The van der Waals surface area contributed by atoms with Crippen LogP contribution in [0, 0.1) is 5.92 Å². The van der Waals surface area contributed by atoms with E-state index in [2.05, 4.69) is 59.4 Å². The van der Waals surface area contributed by atoms with Crippen LogP contribution >= 0.6 is 11.3 Å². The lowest BCUT2D eigenvalue weighted by Crippen LogP contribution is -2.30. The maximum absolute atomic E-state index is 12.6. The van der Waals surface area contributed by atoms with Gasteiger partial charge in [-0.25, -0.2) is 9.97 Å². The van der Waals surface area contributed by atoms with E-state index in [-0.39, 0.29) is 5.91 Å². The number of nitrogens with one attached hydrogen (secondary N) is 4. The summed E-state index contributed by atoms with van der Waals surface area (Å²) in [5, 5.41) is 17.2. The third-order valence-electron chi connectivity index (χ3n) is 7.23. The molecule has 1 aliphatic rings. The smallest absolute Gasteiger partial charge is 0.224 e. The van der Waals surface area contributed by atoms with E-state index >= 15 is 0 Å². The van der Waals surface area contributed by atoms with Crippen molar-refractivity contribution in [1.29, 1.82) is 0 Å². The number of hydrogen-bond acceptors (Lipinski definition) is 7. The van der Waals surface area contributed by atoms with E-state index in [0.29, 0.717) is 18.0 Å². The first-order valence-corrected chi connectivity index (χ1v) is 13.9. The fourth-order valence-corrected chi connectivity index (χ4v) is 6.02. The van der Waals surface area contributed by atoms with Crippen molar-refractivity contribution in [3.8, 4) is 33.1 Å². The second kappa shape index (κ2) is 10.0. The van der Waals surface area contributed by atoms with Crippen molar-refractivity contribution in [3.63, 3.8) is 0 Å². The molecule has 1 fully saturated rings. The number of rotatable bonds is 6. The number of thiophene rings is 1. The van der Waals surface area contributed by atoms with E-state index in [1.165, 1.54) is 4.88 Å². The zero-order chi connectivity index (χ0) is 26.2. The van der Waals surface area contributed by atoms with Crippen LogP contribution in [0.15, 0.2) is 66.4 Å². The number of aromatic amines is 2. The number of anilines is 1. The van der Waals surface area contributed by atoms with Gasteiger partial charge in [0, 0.05) is 40.2 Å². The molecule has 1 saturated heterocycles. The Hall–Kier alpha value is -4.41. The van der Waals surface area contributed by atoms with Crippen molar-refractivity contribution in [2.24, 2.45) is 5.92 Å². The Morgan fingerprint density at radius 1 is 1.10 bits per heavy atom. The van der Waals surface area contributed by atoms with Gasteiger partial charge in [-0.2, -0.15) is 5.10 Å². The van der Waals surface area contributed by atoms with Crippen molar-refractivity contribution in [2.75, 3.05) is 18.4 Å². The summed E-state index contributed by atoms with van der Waals surface area (Å²) >= 11 is 1.70. The van der Waals surface area contributed by atoms with E-state index < -0.39 is 0 Å². The number of H-pyrrole nitrogens is 2. The van der Waals surface area contributed by atoms with Crippen LogP contribution in [0.25, 0.3) is 55.2 Å². The standard InChI is InChI=1S/C29H26N8OS/c38-26(12-17-5-8-30-9-6-17)33-19-13-18(15-31-16-19)22-3-4-23-27(34-22)28(37-36-23)24-14-21-20(25-2-1-11-39-25)7-10-32-29(21)35-24/h1-4,7,10-11,13-17,30H,5-6,8-9,12H2,(H,32,35)(H,33,38)(H,36,37). The van der Waals surface area contributed by atoms with Crippen LogP contribution in [0.3, 0.4) is 0 Å². The van der Waals surface area contributed by atoms with E-state index in [0.717, 1.165) is 76.2 Å². The van der Waals surface area contributed by atoms with Gasteiger partial charge in [0.2, 0.25) is 5.91 Å². The molecule has 0 spiro atoms. The van der Waals surface area contributed by atoms with Crippen LogP contribution < -0.4 is 10.6 Å². The number of pyridine rings is 3. The number of fused-ring (bicyclic) bond motifs is 2. The molecule has 1 amide bonds. The average Bonchev–Trinajstić information content (AvgIpc) is 3.73. The highest BCUT2D eigenvalue weighted by Crippen LogP contribution is 2.35. The Labute approximate surface area is 228 Å². The molecule has 0 radical (unpaired) electrons. The molecule has 0 aliphatic carbocycles. The summed E-state index contributed by atoms with van der Waals surface area (Å²) in [5.41, 5.74) is 7.33. The van der Waals surface area contributed by atoms with Gasteiger partial charge in [-0.05, 0) is 73.6 Å². The van der Waals surface area contributed by atoms with E-state index in [1.807, 2.05) is 30.5 Å². The van der Waals surface area contributed by atoms with Crippen LogP contribution in [0.5, 0.6) is 0 Å². The predicted octanol–water partition coefficient (Wildman–Crippen LogP) is 5.62. The molecule has 7 heterocycles. The number of aromatic nitrogens is 6. The summed E-state index contributed by atoms with van der Waals surface area (Å²) in [4.78, 5) is 31.1. The molecule has 0 unspecified atom stereocenters. The summed E-state index contributed by atoms with van der Waals surface area (Å²) in [6.07, 6.45) is 7.85. The normalized spacial score (nSPS) is 14.3. The second-order valence-corrected chi connectivity index (χ2v) is 10.8. The van der Waals surface area contributed by atoms with Gasteiger partial charge < -0.3 is 15.6 Å². The number of carbonyl (C=O) groups is 1. The fraction of sp³-hybridized carbons (Fsp3) is 0.207. The summed E-state index contributed by atoms with van der Waals surface area (Å²) in [6, 6.07) is 14.1. The molecule has 9 nitrogen and oxygen atoms in total. The molecule has 0 saturated carbocycles. The molecular formula is C29H26N8OS. The number of amides is 1. The molecule has 0 bridgehead atoms. The minimum atomic E-state index is 0.0238. The lowest BCUT2D eigenvalue weighted by atomic mass is 9.94. The molecule has 39 heavy (non-hydrogen) atoms. The van der Waals surface area contributed by atoms with Crippen molar-refractivity contribution in [2.45, 2.75) is 19.3 Å². The van der Waals surface area contributed by atoms with E-state index in [4.69, 9.17) is 4.98 Å². The van der Waals surface area contributed by atoms with Gasteiger partial charge in [0.1, 0.15) is 16.9 Å². The number of piperidine rings is 1. The molecule has 7 rings (SSSR count). The summed E-state index contributed by atoms with van der Waals surface area (Å²) < 4.78 is 0. The summed E-state index contributed by atoms with van der Waals surface area (Å²) in [6.45, 7) is 1.95. The van der Waals surface area contributed by atoms with Crippen LogP contribution in [-0.2, 0) is 4.79 Å². The maximum Gasteiger partial charge on any atom is 0.224 e. The average molecular weight is 535 g/mol. The van der Waals surface area contributed by atoms with Crippen molar-refractivity contribution in [1.82, 2.24) is 35.5 Å². The molecular weight excluding hydrogens is 508 g/mol. The van der Waals surface area contributed by atoms with E-state index in [1.54, 1.807) is 23.7 Å². The molecule has 6 aromatic heterocycles. The molecule has 6 aromatic rings. The monoisotopic (exact) mass is 534 g/mol. The van der Waals surface area contributed by atoms with Crippen LogP contribution in [-0.4, -0.2) is 49.1 Å². The topological polar surface area (TPSA) is 124 Å². The Balaban J connectivity index is 1.19. The first-order valence-electron chi connectivity index (χ1n) is 13.0. The third-order valence-corrected chi connectivity index (χ3v) is 8.14. The maximum atomic E-state index is 12.6. The van der Waals surface area contributed by atoms with Gasteiger partial charge in [-0.15, -0.1) is 11.3 Å². The minimum Gasteiger partial charge on any atom is -0.338 e. The second-order valence-electron chi connectivity index (χ2n) is 9.85. The van der Waals surface area contributed by atoms with Gasteiger partial charge in [0.15, 0.2) is 0 Å². The molecule has 194 valence electrons. The predicted molar refractivity (Wildman–Crippen MR) is 154 cm³/mol. The summed E-state index contributed by atoms with van der Waals surface area (Å²) in [5.74, 6) is 0.447. The SMILES string of the molecule is O=C(CC1CCNCC1)Nc1cncc(-c2ccc3[nH]nc(-c4cc5c(-c6cccs6)ccnc5[nH]4)c3n2)c1. The summed E-state index contributed by atoms with van der Waals surface area (Å²) in [7, 11) is 0. The minimum absolute atomic E-state index is 0.0238. The lowest BCUT2D eigenvalue weighted by Gasteiger charge is -2.21. The highest BCUT2D eigenvalue weighted by atomic mass is 32.1. The van der Waals surface area contributed by atoms with Crippen molar-refractivity contribution >= 4 is 45.0 Å². The van der Waals surface area contributed by atoms with Gasteiger partial charge >= 0.3 is 0 Å². The number of hydrogen-bond donors (Lipinski definition) is 4. The first-order chi connectivity index (χ1) is 19.2. The number of carbonyl (C=O) groups excluding carboxylic acids is 1. The van der Waals surface area contributed by atoms with Gasteiger partial charge in [-0.3, -0.25) is 14.9 Å². The molecule has 10 heteroatoms. The quantitative estimate of drug-likeness (QED) is 0.220. The van der Waals surface area contributed by atoms with E-state index in [9.17, 15) is 4.79 Å². The first kappa shape index (κ1) is 23.7. The zero-order valence-electron chi connectivity index (χ0n) is 21.1. The Kier molecular flexibility index (Phi) is 6.10. The molecule has 4 N–H and O–H groups in total. The zero-order valence-corrected chi connectivity index (χ0v) is 21.9. The Morgan fingerprint density at radius 2 is 2.03 bits per heavy atom. The van der Waals surface area contributed by atoms with Gasteiger partial charge in [0.25, 0.3) is 0 Å². The molecule has 0 atom stereocenters. The Bertz CT molecular complexity index is 1780. The fourth-order valence-electron chi connectivity index (χ4n) is 5.26. The van der Waals surface area contributed by atoms with Crippen LogP contribution in [0.2, 0.25) is 0 Å². The largest absolute Gasteiger partial charge is 0.338 e. The lowest BCUT2D eigenvalue weighted by molar-refractivity contribution is -0.117. The molecule has 1 aliphatic heterocycles. The van der Waals surface area contributed by atoms with Crippen molar-refractivity contribution < 1.29 is 4.79 Å². The highest BCUT2D eigenvalue weighted by molar-refractivity contribution is 7.13. The van der Waals surface area contributed by atoms with Crippen molar-refractivity contribution in [3.05, 3.63) is 66.4 Å². The van der Waals surface area contributed by atoms with Crippen LogP contribution in [0.1, 0.15) is 19.3 Å². The third kappa shape index (κ3) is 4.68. The van der Waals surface area contributed by atoms with Gasteiger partial charge in [0.05, 0.1) is 28.8 Å². The Morgan fingerprint density at radius 3 is 2.90 bits per heavy atom. The highest BCUT2D eigenvalue weighted by Gasteiger charge is 2.18. The van der Waals surface area contributed by atoms with Gasteiger partial charge in [-0.1, -0.05) is 6.07 Å². The van der Waals surface area contributed by atoms with Crippen LogP contribution in [0.4, 0.5) is 5.69 Å². The molecule has 0 aromatic carbocycles. The number of nitrogens with zero attached hydrogens (tertiary/aromatic N) is 4.